The van der Waals surface area contributed by atoms with E-state index in [2.05, 4.69) is 30.8 Å². The van der Waals surface area contributed by atoms with Crippen LogP contribution in [0.3, 0.4) is 0 Å². The van der Waals surface area contributed by atoms with Crippen LogP contribution in [0.15, 0.2) is 0 Å². The van der Waals surface area contributed by atoms with Gasteiger partial charge in [0.1, 0.15) is 6.61 Å². The maximum absolute atomic E-state index is 11.5. The number of ether oxygens (including phenoxy) is 2. The van der Waals surface area contributed by atoms with Crippen molar-refractivity contribution in [2.45, 2.75) is 26.8 Å². The second kappa shape index (κ2) is 12.3. The zero-order chi connectivity index (χ0) is 13.8. The highest BCUT2D eigenvalue weighted by Gasteiger charge is 2.11. The summed E-state index contributed by atoms with van der Waals surface area (Å²) in [5.74, 6) is 0.851. The Morgan fingerprint density at radius 2 is 1.89 bits per heavy atom. The SMILES string of the molecule is CC(C)NCCOCCOCC(=O)C(C)CSS. The number of hydrogen-bond acceptors (Lipinski definition) is 6. The van der Waals surface area contributed by atoms with Crippen LogP contribution in [0.25, 0.3) is 0 Å². The van der Waals surface area contributed by atoms with Gasteiger partial charge in [0.2, 0.25) is 0 Å². The molecule has 0 aromatic heterocycles. The Bertz CT molecular complexity index is 215. The maximum atomic E-state index is 11.5. The van der Waals surface area contributed by atoms with E-state index in [4.69, 9.17) is 9.47 Å². The fourth-order valence-electron chi connectivity index (χ4n) is 1.16. The summed E-state index contributed by atoms with van der Waals surface area (Å²) >= 11 is 4.02. The lowest BCUT2D eigenvalue weighted by molar-refractivity contribution is -0.126. The highest BCUT2D eigenvalue weighted by atomic mass is 33.1. The summed E-state index contributed by atoms with van der Waals surface area (Å²) in [4.78, 5) is 11.5. The van der Waals surface area contributed by atoms with E-state index in [1.165, 1.54) is 10.8 Å². The molecule has 18 heavy (non-hydrogen) atoms. The average molecular weight is 295 g/mol. The first kappa shape index (κ1) is 18.2. The minimum absolute atomic E-state index is 0.00339. The third kappa shape index (κ3) is 11.3. The molecular weight excluding hydrogens is 270 g/mol. The summed E-state index contributed by atoms with van der Waals surface area (Å²) in [7, 11) is 1.38. The van der Waals surface area contributed by atoms with Crippen LogP contribution < -0.4 is 5.32 Å². The molecule has 0 aromatic carbocycles. The van der Waals surface area contributed by atoms with Crippen LogP contribution in [0.5, 0.6) is 0 Å². The second-order valence-electron chi connectivity index (χ2n) is 4.44. The van der Waals surface area contributed by atoms with Gasteiger partial charge in [0.15, 0.2) is 5.78 Å². The standard InChI is InChI=1S/C12H25NO3S2/c1-10(2)13-4-5-15-6-7-16-8-12(14)11(3)9-18-17/h10-11,13,17H,4-9H2,1-3H3. The third-order valence-electron chi connectivity index (χ3n) is 2.29. The normalized spacial score (nSPS) is 12.9. The largest absolute Gasteiger partial charge is 0.378 e. The smallest absolute Gasteiger partial charge is 0.162 e. The van der Waals surface area contributed by atoms with E-state index in [1.54, 1.807) is 0 Å². The Hall–Kier alpha value is 0.250. The molecule has 6 heteroatoms. The van der Waals surface area contributed by atoms with E-state index >= 15 is 0 Å². The summed E-state index contributed by atoms with van der Waals surface area (Å²) in [5, 5.41) is 3.25. The summed E-state index contributed by atoms with van der Waals surface area (Å²) in [5.41, 5.74) is 0. The van der Waals surface area contributed by atoms with Gasteiger partial charge < -0.3 is 14.8 Å². The van der Waals surface area contributed by atoms with Crippen molar-refractivity contribution in [3.8, 4) is 0 Å². The summed E-state index contributed by atoms with van der Waals surface area (Å²) in [6.45, 7) is 8.76. The number of rotatable bonds is 12. The van der Waals surface area contributed by atoms with Crippen molar-refractivity contribution in [3.63, 3.8) is 0 Å². The van der Waals surface area contributed by atoms with Gasteiger partial charge in [-0.05, 0) is 0 Å². The molecule has 0 aromatic rings. The molecule has 0 saturated heterocycles. The van der Waals surface area contributed by atoms with E-state index in [1.807, 2.05) is 6.92 Å². The van der Waals surface area contributed by atoms with E-state index < -0.39 is 0 Å². The van der Waals surface area contributed by atoms with Gasteiger partial charge in [0, 0.05) is 24.3 Å². The molecule has 0 saturated carbocycles. The van der Waals surface area contributed by atoms with Crippen LogP contribution in [-0.2, 0) is 14.3 Å². The molecule has 0 radical (unpaired) electrons. The number of nitrogens with one attached hydrogen (secondary N) is 1. The van der Waals surface area contributed by atoms with Crippen LogP contribution >= 0.6 is 22.5 Å². The summed E-state index contributed by atoms with van der Waals surface area (Å²) in [6.07, 6.45) is 0. The van der Waals surface area contributed by atoms with Gasteiger partial charge in [-0.15, -0.1) is 11.7 Å². The molecule has 0 aliphatic carbocycles. The molecule has 1 unspecified atom stereocenters. The van der Waals surface area contributed by atoms with Crippen molar-refractivity contribution in [2.24, 2.45) is 5.92 Å². The molecule has 0 bridgehead atoms. The number of thiol groups is 1. The van der Waals surface area contributed by atoms with Crippen molar-refractivity contribution in [1.29, 1.82) is 0 Å². The number of Topliss-reactive ketones (excluding diaryl/α,β-unsaturated/α-hetero) is 1. The van der Waals surface area contributed by atoms with Gasteiger partial charge >= 0.3 is 0 Å². The topological polar surface area (TPSA) is 47.6 Å². The first-order chi connectivity index (χ1) is 8.57. The lowest BCUT2D eigenvalue weighted by Crippen LogP contribution is -2.27. The Kier molecular flexibility index (Phi) is 12.5. The summed E-state index contributed by atoms with van der Waals surface area (Å²) < 4.78 is 10.6. The number of carbonyl (C=O) groups excluding carboxylic acids is 1. The molecule has 0 amide bonds. The fraction of sp³-hybridized carbons (Fsp3) is 0.917. The van der Waals surface area contributed by atoms with Crippen molar-refractivity contribution in [2.75, 3.05) is 38.7 Å². The van der Waals surface area contributed by atoms with Gasteiger partial charge in [-0.25, -0.2) is 0 Å². The van der Waals surface area contributed by atoms with Crippen molar-refractivity contribution in [3.05, 3.63) is 0 Å². The van der Waals surface area contributed by atoms with Crippen molar-refractivity contribution >= 4 is 28.2 Å². The Balaban J connectivity index is 3.27. The van der Waals surface area contributed by atoms with Crippen molar-refractivity contribution in [1.82, 2.24) is 5.32 Å². The van der Waals surface area contributed by atoms with E-state index in [-0.39, 0.29) is 18.3 Å². The lowest BCUT2D eigenvalue weighted by Gasteiger charge is -2.10. The van der Waals surface area contributed by atoms with Gasteiger partial charge in [0.25, 0.3) is 0 Å². The number of carbonyl (C=O) groups is 1. The lowest BCUT2D eigenvalue weighted by atomic mass is 10.1. The van der Waals surface area contributed by atoms with Gasteiger partial charge in [-0.3, -0.25) is 4.79 Å². The number of ketones is 1. The Labute approximate surface area is 119 Å². The molecule has 1 atom stereocenters. The summed E-state index contributed by atoms with van der Waals surface area (Å²) in [6, 6.07) is 0.480. The molecule has 0 heterocycles. The zero-order valence-corrected chi connectivity index (χ0v) is 13.2. The van der Waals surface area contributed by atoms with Gasteiger partial charge in [-0.2, -0.15) is 0 Å². The quantitative estimate of drug-likeness (QED) is 0.327. The molecule has 0 fully saturated rings. The molecule has 0 rings (SSSR count). The number of hydrogen-bond donors (Lipinski definition) is 2. The van der Waals surface area contributed by atoms with Crippen LogP contribution in [0.1, 0.15) is 20.8 Å². The molecule has 108 valence electrons. The van der Waals surface area contributed by atoms with E-state index in [0.29, 0.717) is 25.9 Å². The maximum Gasteiger partial charge on any atom is 0.162 e. The second-order valence-corrected chi connectivity index (χ2v) is 5.80. The monoisotopic (exact) mass is 295 g/mol. The van der Waals surface area contributed by atoms with Crippen LogP contribution in [0.4, 0.5) is 0 Å². The Morgan fingerprint density at radius 3 is 2.50 bits per heavy atom. The highest BCUT2D eigenvalue weighted by Crippen LogP contribution is 2.12. The van der Waals surface area contributed by atoms with Gasteiger partial charge in [0.05, 0.1) is 19.8 Å². The third-order valence-corrected chi connectivity index (χ3v) is 3.39. The fourth-order valence-corrected chi connectivity index (χ4v) is 2.24. The van der Waals surface area contributed by atoms with E-state index in [9.17, 15) is 4.79 Å². The van der Waals surface area contributed by atoms with Crippen LogP contribution in [0, 0.1) is 5.92 Å². The van der Waals surface area contributed by atoms with Gasteiger partial charge in [-0.1, -0.05) is 31.6 Å². The predicted molar refractivity (Wildman–Crippen MR) is 80.4 cm³/mol. The Morgan fingerprint density at radius 1 is 1.22 bits per heavy atom. The first-order valence-electron chi connectivity index (χ1n) is 6.25. The molecule has 0 spiro atoms. The molecular formula is C12H25NO3S2. The van der Waals surface area contributed by atoms with Crippen molar-refractivity contribution < 1.29 is 14.3 Å². The van der Waals surface area contributed by atoms with Crippen LogP contribution in [0.2, 0.25) is 0 Å². The molecule has 0 aliphatic heterocycles. The molecule has 4 nitrogen and oxygen atoms in total. The highest BCUT2D eigenvalue weighted by molar-refractivity contribution is 8.68. The first-order valence-corrected chi connectivity index (χ1v) is 8.29. The minimum Gasteiger partial charge on any atom is -0.378 e. The average Bonchev–Trinajstić information content (AvgIpc) is 2.32. The zero-order valence-electron chi connectivity index (χ0n) is 11.5. The molecule has 0 aliphatic rings. The molecule has 1 N–H and O–H groups in total. The predicted octanol–water partition coefficient (Wildman–Crippen LogP) is 1.80. The van der Waals surface area contributed by atoms with Crippen LogP contribution in [-0.4, -0.2) is 50.6 Å². The minimum atomic E-state index is 0.00339. The van der Waals surface area contributed by atoms with E-state index in [0.717, 1.165) is 12.3 Å².